The fraction of sp³-hybridized carbons (Fsp3) is 0.200. The number of fused-ring (bicyclic) bond motifs is 1. The van der Waals surface area contributed by atoms with E-state index in [9.17, 15) is 4.39 Å². The normalized spacial score (nSPS) is 11.0. The highest BCUT2D eigenvalue weighted by Crippen LogP contribution is 2.32. The van der Waals surface area contributed by atoms with Crippen LogP contribution in [0.3, 0.4) is 0 Å². The second-order valence-electron chi connectivity index (χ2n) is 2.92. The lowest BCUT2D eigenvalue weighted by Gasteiger charge is -1.93. The van der Waals surface area contributed by atoms with Gasteiger partial charge in [0.25, 0.3) is 0 Å². The third-order valence-electron chi connectivity index (χ3n) is 2.15. The van der Waals surface area contributed by atoms with Crippen LogP contribution in [0.1, 0.15) is 10.4 Å². The van der Waals surface area contributed by atoms with Crippen LogP contribution in [0.5, 0.6) is 0 Å². The van der Waals surface area contributed by atoms with Crippen molar-refractivity contribution in [1.82, 2.24) is 0 Å². The standard InChI is InChI=1S/C10H9FOS/c1-6-9(5-12)13-8-4-2-3-7(11)10(6)8/h2-4,12H,5H2,1H3. The van der Waals surface area contributed by atoms with Crippen molar-refractivity contribution in [2.75, 3.05) is 0 Å². The van der Waals surface area contributed by atoms with Crippen molar-refractivity contribution in [3.8, 4) is 0 Å². The van der Waals surface area contributed by atoms with E-state index in [4.69, 9.17) is 5.11 Å². The summed E-state index contributed by atoms with van der Waals surface area (Å²) < 4.78 is 14.2. The number of benzene rings is 1. The van der Waals surface area contributed by atoms with E-state index >= 15 is 0 Å². The predicted octanol–water partition coefficient (Wildman–Crippen LogP) is 2.84. The van der Waals surface area contributed by atoms with Gasteiger partial charge in [-0.2, -0.15) is 0 Å². The van der Waals surface area contributed by atoms with E-state index in [1.165, 1.54) is 17.4 Å². The number of hydrogen-bond donors (Lipinski definition) is 1. The molecule has 0 aliphatic carbocycles. The Kier molecular flexibility index (Phi) is 2.06. The van der Waals surface area contributed by atoms with Crippen molar-refractivity contribution < 1.29 is 9.50 Å². The number of thiophene rings is 1. The third-order valence-corrected chi connectivity index (χ3v) is 3.39. The maximum absolute atomic E-state index is 13.3. The van der Waals surface area contributed by atoms with Gasteiger partial charge in [0.05, 0.1) is 6.61 Å². The van der Waals surface area contributed by atoms with Gasteiger partial charge < -0.3 is 5.11 Å². The molecule has 3 heteroatoms. The SMILES string of the molecule is Cc1c(CO)sc2cccc(F)c12. The molecule has 0 aliphatic rings. The molecular weight excluding hydrogens is 187 g/mol. The smallest absolute Gasteiger partial charge is 0.132 e. The van der Waals surface area contributed by atoms with E-state index in [1.54, 1.807) is 6.07 Å². The van der Waals surface area contributed by atoms with Crippen molar-refractivity contribution >= 4 is 21.4 Å². The zero-order valence-electron chi connectivity index (χ0n) is 7.17. The molecule has 0 radical (unpaired) electrons. The molecule has 13 heavy (non-hydrogen) atoms. The van der Waals surface area contributed by atoms with Gasteiger partial charge in [-0.05, 0) is 24.6 Å². The first-order valence-electron chi connectivity index (χ1n) is 4.01. The highest BCUT2D eigenvalue weighted by atomic mass is 32.1. The first-order chi connectivity index (χ1) is 6.24. The van der Waals surface area contributed by atoms with Crippen LogP contribution in [0.25, 0.3) is 10.1 Å². The molecule has 1 aromatic carbocycles. The summed E-state index contributed by atoms with van der Waals surface area (Å²) in [5, 5.41) is 9.65. The Labute approximate surface area is 79.4 Å². The Morgan fingerprint density at radius 1 is 1.46 bits per heavy atom. The molecule has 0 fully saturated rings. The molecule has 0 atom stereocenters. The van der Waals surface area contributed by atoms with Gasteiger partial charge >= 0.3 is 0 Å². The Bertz CT molecular complexity index is 447. The molecule has 2 aromatic rings. The topological polar surface area (TPSA) is 20.2 Å². The van der Waals surface area contributed by atoms with E-state index in [-0.39, 0.29) is 12.4 Å². The van der Waals surface area contributed by atoms with Crippen molar-refractivity contribution in [3.63, 3.8) is 0 Å². The first-order valence-corrected chi connectivity index (χ1v) is 4.83. The Balaban J connectivity index is 2.85. The molecule has 1 heterocycles. The van der Waals surface area contributed by atoms with Crippen LogP contribution >= 0.6 is 11.3 Å². The number of aliphatic hydroxyl groups excluding tert-OH is 1. The van der Waals surface area contributed by atoms with Gasteiger partial charge in [0.2, 0.25) is 0 Å². The molecule has 68 valence electrons. The van der Waals surface area contributed by atoms with Crippen LogP contribution in [0.15, 0.2) is 18.2 Å². The summed E-state index contributed by atoms with van der Waals surface area (Å²) in [7, 11) is 0. The molecule has 2 rings (SSSR count). The van der Waals surface area contributed by atoms with Crippen LogP contribution in [-0.4, -0.2) is 5.11 Å². The van der Waals surface area contributed by atoms with E-state index in [1.807, 2.05) is 13.0 Å². The largest absolute Gasteiger partial charge is 0.391 e. The van der Waals surface area contributed by atoms with Gasteiger partial charge in [0.1, 0.15) is 5.82 Å². The van der Waals surface area contributed by atoms with E-state index in [0.29, 0.717) is 5.39 Å². The fourth-order valence-corrected chi connectivity index (χ4v) is 2.54. The van der Waals surface area contributed by atoms with E-state index in [0.717, 1.165) is 15.1 Å². The Morgan fingerprint density at radius 3 is 2.85 bits per heavy atom. The van der Waals surface area contributed by atoms with Gasteiger partial charge in [-0.1, -0.05) is 6.07 Å². The molecule has 1 nitrogen and oxygen atoms in total. The molecule has 0 amide bonds. The molecular formula is C10H9FOS. The Hall–Kier alpha value is -0.930. The zero-order chi connectivity index (χ0) is 9.42. The fourth-order valence-electron chi connectivity index (χ4n) is 1.45. The summed E-state index contributed by atoms with van der Waals surface area (Å²) in [5.74, 6) is -0.203. The molecule has 0 saturated heterocycles. The Morgan fingerprint density at radius 2 is 2.23 bits per heavy atom. The minimum Gasteiger partial charge on any atom is -0.391 e. The lowest BCUT2D eigenvalue weighted by atomic mass is 10.1. The highest BCUT2D eigenvalue weighted by Gasteiger charge is 2.10. The van der Waals surface area contributed by atoms with Crippen molar-refractivity contribution in [1.29, 1.82) is 0 Å². The van der Waals surface area contributed by atoms with Gasteiger partial charge in [-0.25, -0.2) is 4.39 Å². The minimum atomic E-state index is -0.203. The minimum absolute atomic E-state index is 0.00931. The second-order valence-corrected chi connectivity index (χ2v) is 4.06. The van der Waals surface area contributed by atoms with Crippen LogP contribution in [0.4, 0.5) is 4.39 Å². The maximum Gasteiger partial charge on any atom is 0.132 e. The summed E-state index contributed by atoms with van der Waals surface area (Å²) in [6.07, 6.45) is 0. The second kappa shape index (κ2) is 3.09. The van der Waals surface area contributed by atoms with Crippen molar-refractivity contribution in [2.24, 2.45) is 0 Å². The molecule has 0 bridgehead atoms. The van der Waals surface area contributed by atoms with E-state index in [2.05, 4.69) is 0 Å². The predicted molar refractivity (Wildman–Crippen MR) is 52.4 cm³/mol. The monoisotopic (exact) mass is 196 g/mol. The summed E-state index contributed by atoms with van der Waals surface area (Å²) >= 11 is 1.45. The van der Waals surface area contributed by atoms with Gasteiger partial charge in [0.15, 0.2) is 0 Å². The van der Waals surface area contributed by atoms with Crippen LogP contribution < -0.4 is 0 Å². The number of aliphatic hydroxyl groups is 1. The van der Waals surface area contributed by atoms with Gasteiger partial charge in [-0.15, -0.1) is 11.3 Å². The lowest BCUT2D eigenvalue weighted by molar-refractivity contribution is 0.285. The van der Waals surface area contributed by atoms with Crippen LogP contribution in [-0.2, 0) is 6.61 Å². The average Bonchev–Trinajstić information content (AvgIpc) is 2.44. The summed E-state index contributed by atoms with van der Waals surface area (Å²) in [4.78, 5) is 0.847. The van der Waals surface area contributed by atoms with Crippen molar-refractivity contribution in [3.05, 3.63) is 34.5 Å². The lowest BCUT2D eigenvalue weighted by Crippen LogP contribution is -1.81. The number of aryl methyl sites for hydroxylation is 1. The van der Waals surface area contributed by atoms with Crippen LogP contribution in [0.2, 0.25) is 0 Å². The van der Waals surface area contributed by atoms with Gasteiger partial charge in [0, 0.05) is 15.0 Å². The molecule has 0 spiro atoms. The quantitative estimate of drug-likeness (QED) is 0.743. The zero-order valence-corrected chi connectivity index (χ0v) is 7.99. The van der Waals surface area contributed by atoms with Gasteiger partial charge in [-0.3, -0.25) is 0 Å². The van der Waals surface area contributed by atoms with Crippen LogP contribution in [0, 0.1) is 12.7 Å². The summed E-state index contributed by atoms with van der Waals surface area (Å²) in [6, 6.07) is 5.01. The molecule has 0 unspecified atom stereocenters. The third kappa shape index (κ3) is 1.24. The average molecular weight is 196 g/mol. The number of halogens is 1. The summed E-state index contributed by atoms with van der Waals surface area (Å²) in [5.41, 5.74) is 0.862. The number of rotatable bonds is 1. The maximum atomic E-state index is 13.3. The molecule has 0 aliphatic heterocycles. The highest BCUT2D eigenvalue weighted by molar-refractivity contribution is 7.19. The van der Waals surface area contributed by atoms with E-state index < -0.39 is 0 Å². The number of hydrogen-bond acceptors (Lipinski definition) is 2. The molecule has 1 N–H and O–H groups in total. The van der Waals surface area contributed by atoms with Crippen molar-refractivity contribution in [2.45, 2.75) is 13.5 Å². The summed E-state index contributed by atoms with van der Waals surface area (Å²) in [6.45, 7) is 1.83. The molecule has 0 saturated carbocycles. The molecule has 1 aromatic heterocycles. The first kappa shape index (κ1) is 8.66.